The molecule has 0 spiro atoms. The summed E-state index contributed by atoms with van der Waals surface area (Å²) in [5.41, 5.74) is 0.0419. The minimum atomic E-state index is -1.23. The van der Waals surface area contributed by atoms with Gasteiger partial charge in [-0.1, -0.05) is 12.7 Å². The fourth-order valence-corrected chi connectivity index (χ4v) is 0.712. The number of benzene rings is 1. The van der Waals surface area contributed by atoms with Crippen LogP contribution < -0.4 is 0 Å². The van der Waals surface area contributed by atoms with Gasteiger partial charge in [0.1, 0.15) is 0 Å². The maximum absolute atomic E-state index is 12.7. The molecule has 0 saturated heterocycles. The summed E-state index contributed by atoms with van der Waals surface area (Å²) in [5.74, 6) is -2.99. The van der Waals surface area contributed by atoms with Crippen molar-refractivity contribution < 1.29 is 13.9 Å². The molecular formula is C8H6F2O. The van der Waals surface area contributed by atoms with Gasteiger partial charge in [0.15, 0.2) is 11.6 Å². The first-order valence-electron chi connectivity index (χ1n) is 2.96. The Hall–Kier alpha value is -1.38. The molecule has 1 nitrogen and oxygen atoms in total. The molecule has 0 bridgehead atoms. The van der Waals surface area contributed by atoms with Crippen LogP contribution in [0.3, 0.4) is 0 Å². The number of rotatable bonds is 1. The third-order valence-corrected chi connectivity index (χ3v) is 1.31. The van der Waals surface area contributed by atoms with E-state index in [2.05, 4.69) is 6.58 Å². The minimum absolute atomic E-state index is 0.0419. The zero-order valence-corrected chi connectivity index (χ0v) is 5.64. The smallest absolute Gasteiger partial charge is 0.200 e. The molecule has 58 valence electrons. The van der Waals surface area contributed by atoms with Crippen molar-refractivity contribution in [1.82, 2.24) is 0 Å². The van der Waals surface area contributed by atoms with Gasteiger partial charge in [-0.25, -0.2) is 4.39 Å². The van der Waals surface area contributed by atoms with Crippen LogP contribution in [0.1, 0.15) is 5.56 Å². The Morgan fingerprint density at radius 3 is 2.45 bits per heavy atom. The Kier molecular flexibility index (Phi) is 1.89. The first kappa shape index (κ1) is 7.72. The van der Waals surface area contributed by atoms with Crippen LogP contribution >= 0.6 is 0 Å². The number of phenolic OH excluding ortho intramolecular Hbond substituents is 1. The van der Waals surface area contributed by atoms with Gasteiger partial charge in [-0.15, -0.1) is 0 Å². The van der Waals surface area contributed by atoms with Crippen molar-refractivity contribution >= 4 is 6.08 Å². The van der Waals surface area contributed by atoms with Crippen LogP contribution in [-0.4, -0.2) is 5.11 Å². The lowest BCUT2D eigenvalue weighted by Gasteiger charge is -1.98. The minimum Gasteiger partial charge on any atom is -0.505 e. The quantitative estimate of drug-likeness (QED) is 0.661. The molecule has 0 aromatic heterocycles. The number of halogens is 2. The van der Waals surface area contributed by atoms with Crippen LogP contribution in [0.2, 0.25) is 0 Å². The average molecular weight is 156 g/mol. The summed E-state index contributed by atoms with van der Waals surface area (Å²) in [5, 5.41) is 8.67. The van der Waals surface area contributed by atoms with Crippen molar-refractivity contribution in [3.63, 3.8) is 0 Å². The van der Waals surface area contributed by atoms with E-state index in [1.807, 2.05) is 0 Å². The van der Waals surface area contributed by atoms with Crippen LogP contribution in [0.15, 0.2) is 18.7 Å². The Bertz CT molecular complexity index is 294. The highest BCUT2D eigenvalue weighted by Crippen LogP contribution is 2.21. The normalized spacial score (nSPS) is 9.64. The van der Waals surface area contributed by atoms with Gasteiger partial charge in [-0.3, -0.25) is 0 Å². The summed E-state index contributed by atoms with van der Waals surface area (Å²) in [7, 11) is 0. The van der Waals surface area contributed by atoms with Gasteiger partial charge in [0.25, 0.3) is 0 Å². The van der Waals surface area contributed by atoms with E-state index < -0.39 is 17.4 Å². The summed E-state index contributed by atoms with van der Waals surface area (Å²) in [4.78, 5) is 0. The maximum Gasteiger partial charge on any atom is 0.200 e. The van der Waals surface area contributed by atoms with E-state index in [4.69, 9.17) is 5.11 Å². The Balaban J connectivity index is 3.36. The molecule has 0 amide bonds. The second-order valence-corrected chi connectivity index (χ2v) is 2.01. The Morgan fingerprint density at radius 1 is 1.27 bits per heavy atom. The number of hydrogen-bond donors (Lipinski definition) is 1. The lowest BCUT2D eigenvalue weighted by atomic mass is 10.2. The monoisotopic (exact) mass is 156 g/mol. The molecule has 1 N–H and O–H groups in total. The predicted molar refractivity (Wildman–Crippen MR) is 38.1 cm³/mol. The van der Waals surface area contributed by atoms with Gasteiger partial charge in [0.2, 0.25) is 5.82 Å². The van der Waals surface area contributed by atoms with Crippen molar-refractivity contribution in [2.75, 3.05) is 0 Å². The van der Waals surface area contributed by atoms with E-state index in [-0.39, 0.29) is 5.56 Å². The summed E-state index contributed by atoms with van der Waals surface area (Å²) < 4.78 is 25.2. The van der Waals surface area contributed by atoms with Crippen molar-refractivity contribution in [3.8, 4) is 5.75 Å². The van der Waals surface area contributed by atoms with Crippen LogP contribution in [0.5, 0.6) is 5.75 Å². The van der Waals surface area contributed by atoms with E-state index in [9.17, 15) is 8.78 Å². The lowest BCUT2D eigenvalue weighted by molar-refractivity contribution is 0.406. The zero-order chi connectivity index (χ0) is 8.43. The highest BCUT2D eigenvalue weighted by molar-refractivity contribution is 5.49. The topological polar surface area (TPSA) is 20.2 Å². The maximum atomic E-state index is 12.7. The van der Waals surface area contributed by atoms with Crippen LogP contribution in [0.25, 0.3) is 6.08 Å². The van der Waals surface area contributed by atoms with E-state index in [1.165, 1.54) is 12.1 Å². The van der Waals surface area contributed by atoms with Gasteiger partial charge in [0.05, 0.1) is 0 Å². The fraction of sp³-hybridized carbons (Fsp3) is 0. The summed E-state index contributed by atoms with van der Waals surface area (Å²) >= 11 is 0. The molecule has 1 aromatic carbocycles. The largest absolute Gasteiger partial charge is 0.505 e. The second kappa shape index (κ2) is 2.70. The summed E-state index contributed by atoms with van der Waals surface area (Å²) in [6, 6.07) is 2.33. The summed E-state index contributed by atoms with van der Waals surface area (Å²) in [6.45, 7) is 3.27. The molecule has 0 unspecified atom stereocenters. The Labute approximate surface area is 62.6 Å². The molecule has 0 aliphatic rings. The van der Waals surface area contributed by atoms with Crippen LogP contribution in [0.4, 0.5) is 8.78 Å². The van der Waals surface area contributed by atoms with Gasteiger partial charge in [0, 0.05) is 5.56 Å². The van der Waals surface area contributed by atoms with Crippen LogP contribution in [-0.2, 0) is 0 Å². The molecule has 1 aromatic rings. The van der Waals surface area contributed by atoms with Crippen LogP contribution in [0, 0.1) is 11.6 Å². The molecule has 0 saturated carbocycles. The van der Waals surface area contributed by atoms with Crippen molar-refractivity contribution in [3.05, 3.63) is 35.9 Å². The highest BCUT2D eigenvalue weighted by atomic mass is 19.2. The SMILES string of the molecule is C=Cc1ccc(O)c(F)c1F. The number of aromatic hydroxyl groups is 1. The molecule has 1 rings (SSSR count). The standard InChI is InChI=1S/C8H6F2O/c1-2-5-3-4-6(11)8(10)7(5)9/h2-4,11H,1H2. The molecule has 0 atom stereocenters. The second-order valence-electron chi connectivity index (χ2n) is 2.01. The van der Waals surface area contributed by atoms with Gasteiger partial charge >= 0.3 is 0 Å². The molecular weight excluding hydrogens is 150 g/mol. The predicted octanol–water partition coefficient (Wildman–Crippen LogP) is 2.31. The third kappa shape index (κ3) is 1.22. The van der Waals surface area contributed by atoms with E-state index in [0.29, 0.717) is 0 Å². The molecule has 3 heteroatoms. The number of hydrogen-bond acceptors (Lipinski definition) is 1. The van der Waals surface area contributed by atoms with E-state index in [0.717, 1.165) is 6.07 Å². The zero-order valence-electron chi connectivity index (χ0n) is 5.64. The first-order chi connectivity index (χ1) is 5.16. The molecule has 0 fully saturated rings. The number of phenols is 1. The molecule has 0 aliphatic heterocycles. The highest BCUT2D eigenvalue weighted by Gasteiger charge is 2.09. The van der Waals surface area contributed by atoms with Crippen molar-refractivity contribution in [2.24, 2.45) is 0 Å². The molecule has 0 aliphatic carbocycles. The average Bonchev–Trinajstić information content (AvgIpc) is 2.01. The van der Waals surface area contributed by atoms with Crippen molar-refractivity contribution in [1.29, 1.82) is 0 Å². The van der Waals surface area contributed by atoms with E-state index in [1.54, 1.807) is 0 Å². The molecule has 0 heterocycles. The first-order valence-corrected chi connectivity index (χ1v) is 2.96. The lowest BCUT2D eigenvalue weighted by Crippen LogP contribution is -1.87. The molecule has 11 heavy (non-hydrogen) atoms. The Morgan fingerprint density at radius 2 is 1.91 bits per heavy atom. The van der Waals surface area contributed by atoms with E-state index >= 15 is 0 Å². The summed E-state index contributed by atoms with van der Waals surface area (Å²) in [6.07, 6.45) is 1.18. The van der Waals surface area contributed by atoms with Gasteiger partial charge in [-0.2, -0.15) is 4.39 Å². The van der Waals surface area contributed by atoms with Gasteiger partial charge in [-0.05, 0) is 12.1 Å². The van der Waals surface area contributed by atoms with Crippen molar-refractivity contribution in [2.45, 2.75) is 0 Å². The fourth-order valence-electron chi connectivity index (χ4n) is 0.712. The third-order valence-electron chi connectivity index (χ3n) is 1.31. The molecule has 0 radical (unpaired) electrons. The van der Waals surface area contributed by atoms with Gasteiger partial charge < -0.3 is 5.11 Å².